The van der Waals surface area contributed by atoms with Gasteiger partial charge in [-0.1, -0.05) is 20.3 Å². The van der Waals surface area contributed by atoms with Gasteiger partial charge in [0, 0.05) is 12.8 Å². The largest absolute Gasteiger partial charge is 0.291 e. The Labute approximate surface area is 91.0 Å². The van der Waals surface area contributed by atoms with E-state index in [1.807, 2.05) is 6.92 Å². The van der Waals surface area contributed by atoms with Crippen molar-refractivity contribution in [2.45, 2.75) is 33.6 Å². The zero-order valence-corrected chi connectivity index (χ0v) is 10.3. The van der Waals surface area contributed by atoms with E-state index in [2.05, 4.69) is 0 Å². The molecule has 1 atom stereocenters. The van der Waals surface area contributed by atoms with E-state index in [1.165, 1.54) is 6.92 Å². The topological polar surface area (TPSA) is 68.3 Å². The monoisotopic (exact) mass is 234 g/mol. The fraction of sp³-hybridized carbons (Fsp3) is 0.800. The standard InChI is InChI=1S/C10H18O4S/c1-4-5-6-15(13,14)7-8(2)10(12)9(3)11/h8H,4-7H2,1-3H3. The number of hydrogen-bond donors (Lipinski definition) is 0. The van der Waals surface area contributed by atoms with Gasteiger partial charge < -0.3 is 0 Å². The van der Waals surface area contributed by atoms with Crippen LogP contribution in [0.15, 0.2) is 0 Å². The van der Waals surface area contributed by atoms with E-state index in [9.17, 15) is 18.0 Å². The Balaban J connectivity index is 4.34. The molecule has 0 bridgehead atoms. The quantitative estimate of drug-likeness (QED) is 0.616. The normalized spacial score (nSPS) is 13.5. The second-order valence-corrected chi connectivity index (χ2v) is 6.02. The number of hydrogen-bond acceptors (Lipinski definition) is 4. The van der Waals surface area contributed by atoms with Crippen LogP contribution in [0.1, 0.15) is 33.6 Å². The van der Waals surface area contributed by atoms with Crippen molar-refractivity contribution in [1.82, 2.24) is 0 Å². The molecule has 0 rings (SSSR count). The van der Waals surface area contributed by atoms with Crippen molar-refractivity contribution < 1.29 is 18.0 Å². The van der Waals surface area contributed by atoms with E-state index in [0.29, 0.717) is 6.42 Å². The maximum Gasteiger partial charge on any atom is 0.201 e. The van der Waals surface area contributed by atoms with Crippen molar-refractivity contribution >= 4 is 21.4 Å². The minimum Gasteiger partial charge on any atom is -0.291 e. The summed E-state index contributed by atoms with van der Waals surface area (Å²) >= 11 is 0. The molecule has 0 N–H and O–H groups in total. The Bertz CT molecular complexity index is 329. The molecule has 0 aromatic rings. The van der Waals surface area contributed by atoms with Gasteiger partial charge in [-0.25, -0.2) is 8.42 Å². The summed E-state index contributed by atoms with van der Waals surface area (Å²) in [7, 11) is -3.19. The van der Waals surface area contributed by atoms with Gasteiger partial charge in [-0.2, -0.15) is 0 Å². The lowest BCUT2D eigenvalue weighted by atomic mass is 10.1. The Morgan fingerprint density at radius 3 is 2.20 bits per heavy atom. The molecule has 5 heteroatoms. The molecule has 0 aliphatic rings. The molecular weight excluding hydrogens is 216 g/mol. The van der Waals surface area contributed by atoms with Crippen molar-refractivity contribution in [3.8, 4) is 0 Å². The Morgan fingerprint density at radius 1 is 1.27 bits per heavy atom. The Hall–Kier alpha value is -0.710. The molecule has 4 nitrogen and oxygen atoms in total. The minimum atomic E-state index is -3.19. The molecule has 0 aliphatic carbocycles. The van der Waals surface area contributed by atoms with Crippen LogP contribution in [-0.4, -0.2) is 31.5 Å². The lowest BCUT2D eigenvalue weighted by Gasteiger charge is -2.08. The van der Waals surface area contributed by atoms with Crippen LogP contribution in [0.4, 0.5) is 0 Å². The van der Waals surface area contributed by atoms with Gasteiger partial charge in [0.05, 0.1) is 11.5 Å². The lowest BCUT2D eigenvalue weighted by molar-refractivity contribution is -0.137. The molecule has 0 aromatic carbocycles. The van der Waals surface area contributed by atoms with Crippen LogP contribution in [0.5, 0.6) is 0 Å². The van der Waals surface area contributed by atoms with Gasteiger partial charge in [0.25, 0.3) is 0 Å². The van der Waals surface area contributed by atoms with Crippen LogP contribution in [0.3, 0.4) is 0 Å². The van der Waals surface area contributed by atoms with Crippen LogP contribution >= 0.6 is 0 Å². The molecule has 15 heavy (non-hydrogen) atoms. The third-order valence-corrected chi connectivity index (χ3v) is 4.03. The fourth-order valence-electron chi connectivity index (χ4n) is 1.25. The SMILES string of the molecule is CCCCS(=O)(=O)CC(C)C(=O)C(C)=O. The second kappa shape index (κ2) is 6.00. The number of unbranched alkanes of at least 4 members (excludes halogenated alkanes) is 1. The number of carbonyl (C=O) groups excluding carboxylic acids is 2. The average molecular weight is 234 g/mol. The summed E-state index contributed by atoms with van der Waals surface area (Å²) in [5.74, 6) is -2.02. The zero-order chi connectivity index (χ0) is 12.1. The Kier molecular flexibility index (Phi) is 5.72. The average Bonchev–Trinajstić information content (AvgIpc) is 2.12. The van der Waals surface area contributed by atoms with Crippen molar-refractivity contribution in [3.63, 3.8) is 0 Å². The van der Waals surface area contributed by atoms with Crippen LogP contribution in [0.2, 0.25) is 0 Å². The van der Waals surface area contributed by atoms with Gasteiger partial charge in [-0.3, -0.25) is 9.59 Å². The van der Waals surface area contributed by atoms with Crippen molar-refractivity contribution in [2.75, 3.05) is 11.5 Å². The van der Waals surface area contributed by atoms with E-state index >= 15 is 0 Å². The van der Waals surface area contributed by atoms with Gasteiger partial charge in [-0.15, -0.1) is 0 Å². The molecule has 0 fully saturated rings. The third kappa shape index (κ3) is 5.67. The molecule has 1 unspecified atom stereocenters. The smallest absolute Gasteiger partial charge is 0.201 e. The van der Waals surface area contributed by atoms with Crippen LogP contribution < -0.4 is 0 Å². The van der Waals surface area contributed by atoms with E-state index < -0.39 is 27.3 Å². The first-order chi connectivity index (χ1) is 6.80. The first-order valence-electron chi connectivity index (χ1n) is 5.05. The third-order valence-electron chi connectivity index (χ3n) is 2.11. The number of ketones is 2. The zero-order valence-electron chi connectivity index (χ0n) is 9.45. The van der Waals surface area contributed by atoms with Crippen LogP contribution in [0, 0.1) is 5.92 Å². The van der Waals surface area contributed by atoms with Gasteiger partial charge in [-0.05, 0) is 6.42 Å². The summed E-state index contributed by atoms with van der Waals surface area (Å²) in [5.41, 5.74) is 0. The predicted molar refractivity (Wildman–Crippen MR) is 58.4 cm³/mol. The summed E-state index contributed by atoms with van der Waals surface area (Å²) < 4.78 is 22.9. The predicted octanol–water partition coefficient (Wildman–Crippen LogP) is 0.995. The summed E-state index contributed by atoms with van der Waals surface area (Å²) in [5, 5.41) is 0. The molecule has 88 valence electrons. The first kappa shape index (κ1) is 14.3. The fourth-order valence-corrected chi connectivity index (χ4v) is 3.06. The highest BCUT2D eigenvalue weighted by molar-refractivity contribution is 7.91. The van der Waals surface area contributed by atoms with Crippen LogP contribution in [0.25, 0.3) is 0 Å². The van der Waals surface area contributed by atoms with Gasteiger partial charge in [0.15, 0.2) is 15.6 Å². The van der Waals surface area contributed by atoms with E-state index in [1.54, 1.807) is 0 Å². The molecule has 0 saturated heterocycles. The maximum atomic E-state index is 11.5. The minimum absolute atomic E-state index is 0.0963. The maximum absolute atomic E-state index is 11.5. The number of sulfone groups is 1. The van der Waals surface area contributed by atoms with Crippen molar-refractivity contribution in [3.05, 3.63) is 0 Å². The van der Waals surface area contributed by atoms with Crippen molar-refractivity contribution in [2.24, 2.45) is 5.92 Å². The Morgan fingerprint density at radius 2 is 1.80 bits per heavy atom. The second-order valence-electron chi connectivity index (χ2n) is 3.79. The van der Waals surface area contributed by atoms with E-state index in [4.69, 9.17) is 0 Å². The first-order valence-corrected chi connectivity index (χ1v) is 6.87. The number of Topliss-reactive ketones (excluding diaryl/α,β-unsaturated/α-hetero) is 2. The number of rotatable bonds is 7. The number of carbonyl (C=O) groups is 2. The van der Waals surface area contributed by atoms with Crippen LogP contribution in [-0.2, 0) is 19.4 Å². The summed E-state index contributed by atoms with van der Waals surface area (Å²) in [6, 6.07) is 0. The summed E-state index contributed by atoms with van der Waals surface area (Å²) in [6.07, 6.45) is 1.40. The van der Waals surface area contributed by atoms with E-state index in [-0.39, 0.29) is 11.5 Å². The van der Waals surface area contributed by atoms with Crippen molar-refractivity contribution in [1.29, 1.82) is 0 Å². The molecule has 0 spiro atoms. The molecular formula is C10H18O4S. The molecule has 0 saturated carbocycles. The highest BCUT2D eigenvalue weighted by Crippen LogP contribution is 2.06. The molecule has 0 radical (unpaired) electrons. The highest BCUT2D eigenvalue weighted by atomic mass is 32.2. The van der Waals surface area contributed by atoms with E-state index in [0.717, 1.165) is 13.3 Å². The molecule has 0 aromatic heterocycles. The highest BCUT2D eigenvalue weighted by Gasteiger charge is 2.23. The molecule has 0 aliphatic heterocycles. The summed E-state index contributed by atoms with van der Waals surface area (Å²) in [4.78, 5) is 21.9. The van der Waals surface area contributed by atoms with Gasteiger partial charge in [0.2, 0.25) is 5.78 Å². The van der Waals surface area contributed by atoms with Gasteiger partial charge in [0.1, 0.15) is 0 Å². The molecule has 0 amide bonds. The molecule has 0 heterocycles. The summed E-state index contributed by atoms with van der Waals surface area (Å²) in [6.45, 7) is 4.55. The van der Waals surface area contributed by atoms with Gasteiger partial charge >= 0.3 is 0 Å². The lowest BCUT2D eigenvalue weighted by Crippen LogP contribution is -2.27.